The molecule has 5 nitrogen and oxygen atoms in total. The number of rotatable bonds is 5. The number of fused-ring (bicyclic) bond motifs is 1. The summed E-state index contributed by atoms with van der Waals surface area (Å²) in [6.45, 7) is 1.79. The summed E-state index contributed by atoms with van der Waals surface area (Å²) >= 11 is 0. The second-order valence-corrected chi connectivity index (χ2v) is 7.27. The Bertz CT molecular complexity index is 1340. The molecule has 1 aromatic heterocycles. The SMILES string of the molecule is Cc1ccc(C(=O)c2cn(CC(=O)Nc3ccc(F)cc3)c3ccccc3c2=O)cc1. The minimum absolute atomic E-state index is 0.00265. The molecule has 4 rings (SSSR count). The molecule has 1 amide bonds. The molecule has 0 aliphatic heterocycles. The zero-order chi connectivity index (χ0) is 22.0. The molecule has 0 bridgehead atoms. The standard InChI is InChI=1S/C25H19FN2O3/c1-16-6-8-17(9-7-16)24(30)21-14-28(22-5-3-2-4-20(22)25(21)31)15-23(29)27-19-12-10-18(26)11-13-19/h2-14H,15H2,1H3,(H,27,29). The van der Waals surface area contributed by atoms with E-state index in [4.69, 9.17) is 0 Å². The van der Waals surface area contributed by atoms with Crippen molar-refractivity contribution in [2.75, 3.05) is 5.32 Å². The molecule has 0 fully saturated rings. The Morgan fingerprint density at radius 3 is 2.32 bits per heavy atom. The quantitative estimate of drug-likeness (QED) is 0.495. The van der Waals surface area contributed by atoms with Gasteiger partial charge in [-0.05, 0) is 43.3 Å². The lowest BCUT2D eigenvalue weighted by Crippen LogP contribution is -2.24. The van der Waals surface area contributed by atoms with Crippen LogP contribution in [0.1, 0.15) is 21.5 Å². The highest BCUT2D eigenvalue weighted by Crippen LogP contribution is 2.16. The second-order valence-electron chi connectivity index (χ2n) is 7.27. The van der Waals surface area contributed by atoms with E-state index in [1.165, 1.54) is 30.5 Å². The van der Waals surface area contributed by atoms with E-state index in [2.05, 4.69) is 5.32 Å². The number of aryl methyl sites for hydroxylation is 1. The molecule has 3 aromatic carbocycles. The highest BCUT2D eigenvalue weighted by Gasteiger charge is 2.18. The van der Waals surface area contributed by atoms with Crippen LogP contribution >= 0.6 is 0 Å². The maximum absolute atomic E-state index is 13.1. The van der Waals surface area contributed by atoms with Gasteiger partial charge in [0.05, 0.1) is 11.1 Å². The highest BCUT2D eigenvalue weighted by molar-refractivity contribution is 6.10. The highest BCUT2D eigenvalue weighted by atomic mass is 19.1. The zero-order valence-corrected chi connectivity index (χ0v) is 16.8. The van der Waals surface area contributed by atoms with Crippen LogP contribution in [-0.4, -0.2) is 16.3 Å². The van der Waals surface area contributed by atoms with Crippen molar-refractivity contribution in [3.8, 4) is 0 Å². The summed E-state index contributed by atoms with van der Waals surface area (Å²) in [6.07, 6.45) is 1.43. The number of carbonyl (C=O) groups is 2. The van der Waals surface area contributed by atoms with Crippen LogP contribution in [0.3, 0.4) is 0 Å². The molecular formula is C25H19FN2O3. The van der Waals surface area contributed by atoms with E-state index in [1.807, 2.05) is 19.1 Å². The number of carbonyl (C=O) groups excluding carboxylic acids is 2. The van der Waals surface area contributed by atoms with Crippen LogP contribution in [0, 0.1) is 12.7 Å². The lowest BCUT2D eigenvalue weighted by molar-refractivity contribution is -0.116. The third kappa shape index (κ3) is 4.28. The van der Waals surface area contributed by atoms with Gasteiger partial charge in [-0.2, -0.15) is 0 Å². The van der Waals surface area contributed by atoms with Gasteiger partial charge in [-0.25, -0.2) is 4.39 Å². The third-order valence-corrected chi connectivity index (χ3v) is 4.99. The molecular weight excluding hydrogens is 395 g/mol. The molecule has 0 saturated carbocycles. The largest absolute Gasteiger partial charge is 0.337 e. The van der Waals surface area contributed by atoms with E-state index < -0.39 is 11.6 Å². The summed E-state index contributed by atoms with van der Waals surface area (Å²) in [7, 11) is 0. The average Bonchev–Trinajstić information content (AvgIpc) is 2.77. The molecule has 0 aliphatic carbocycles. The maximum Gasteiger partial charge on any atom is 0.244 e. The van der Waals surface area contributed by atoms with Crippen molar-refractivity contribution in [1.29, 1.82) is 0 Å². The summed E-state index contributed by atoms with van der Waals surface area (Å²) in [5, 5.41) is 3.05. The Kier molecular flexibility index (Phi) is 5.45. The molecule has 6 heteroatoms. The molecule has 0 spiro atoms. The predicted octanol–water partition coefficient (Wildman–Crippen LogP) is 4.32. The summed E-state index contributed by atoms with van der Waals surface area (Å²) in [5.74, 6) is -1.17. The fourth-order valence-electron chi connectivity index (χ4n) is 3.39. The molecule has 0 saturated heterocycles. The molecule has 0 atom stereocenters. The fraction of sp³-hybridized carbons (Fsp3) is 0.0800. The minimum atomic E-state index is -0.400. The first-order valence-electron chi connectivity index (χ1n) is 9.71. The van der Waals surface area contributed by atoms with Gasteiger partial charge in [0.25, 0.3) is 0 Å². The van der Waals surface area contributed by atoms with Crippen LogP contribution in [0.25, 0.3) is 10.9 Å². The minimum Gasteiger partial charge on any atom is -0.337 e. The van der Waals surface area contributed by atoms with Gasteiger partial charge in [-0.15, -0.1) is 0 Å². The Morgan fingerprint density at radius 1 is 0.935 bits per heavy atom. The van der Waals surface area contributed by atoms with Crippen molar-refractivity contribution in [2.24, 2.45) is 0 Å². The Morgan fingerprint density at radius 2 is 1.61 bits per heavy atom. The first kappa shape index (κ1) is 20.2. The zero-order valence-electron chi connectivity index (χ0n) is 16.8. The molecule has 4 aromatic rings. The number of hydrogen-bond acceptors (Lipinski definition) is 3. The number of ketones is 1. The van der Waals surface area contributed by atoms with Crippen LogP contribution < -0.4 is 10.7 Å². The van der Waals surface area contributed by atoms with Crippen LogP contribution in [0.15, 0.2) is 83.8 Å². The molecule has 154 valence electrons. The van der Waals surface area contributed by atoms with Crippen molar-refractivity contribution in [1.82, 2.24) is 4.57 Å². The average molecular weight is 414 g/mol. The number of nitrogens with one attached hydrogen (secondary N) is 1. The second kappa shape index (κ2) is 8.36. The van der Waals surface area contributed by atoms with Gasteiger partial charge in [0, 0.05) is 22.8 Å². The van der Waals surface area contributed by atoms with Gasteiger partial charge < -0.3 is 9.88 Å². The number of pyridine rings is 1. The number of amides is 1. The van der Waals surface area contributed by atoms with E-state index in [-0.39, 0.29) is 23.4 Å². The Labute approximate surface area is 177 Å². The first-order chi connectivity index (χ1) is 14.9. The summed E-state index contributed by atoms with van der Waals surface area (Å²) in [6, 6.07) is 19.2. The van der Waals surface area contributed by atoms with Gasteiger partial charge >= 0.3 is 0 Å². The fourth-order valence-corrected chi connectivity index (χ4v) is 3.39. The third-order valence-electron chi connectivity index (χ3n) is 4.99. The molecule has 1 N–H and O–H groups in total. The monoisotopic (exact) mass is 414 g/mol. The van der Waals surface area contributed by atoms with Gasteiger partial charge in [0.1, 0.15) is 12.4 Å². The number of hydrogen-bond donors (Lipinski definition) is 1. The summed E-state index contributed by atoms with van der Waals surface area (Å²) < 4.78 is 14.7. The van der Waals surface area contributed by atoms with Crippen molar-refractivity contribution >= 4 is 28.3 Å². The van der Waals surface area contributed by atoms with Crippen molar-refractivity contribution < 1.29 is 14.0 Å². The molecule has 0 aliphatic rings. The van der Waals surface area contributed by atoms with Crippen LogP contribution in [0.5, 0.6) is 0 Å². The summed E-state index contributed by atoms with van der Waals surface area (Å²) in [4.78, 5) is 38.6. The van der Waals surface area contributed by atoms with Crippen molar-refractivity contribution in [2.45, 2.75) is 13.5 Å². The number of aromatic nitrogens is 1. The van der Waals surface area contributed by atoms with E-state index >= 15 is 0 Å². The van der Waals surface area contributed by atoms with E-state index in [9.17, 15) is 18.8 Å². The lowest BCUT2D eigenvalue weighted by Gasteiger charge is -2.13. The number of benzene rings is 3. The Balaban J connectivity index is 1.72. The van der Waals surface area contributed by atoms with Gasteiger partial charge in [-0.3, -0.25) is 14.4 Å². The molecule has 31 heavy (non-hydrogen) atoms. The Hall–Kier alpha value is -4.06. The van der Waals surface area contributed by atoms with Gasteiger partial charge in [0.15, 0.2) is 5.78 Å². The van der Waals surface area contributed by atoms with Crippen molar-refractivity contribution in [3.05, 3.63) is 112 Å². The molecule has 0 radical (unpaired) electrons. The predicted molar refractivity (Wildman–Crippen MR) is 118 cm³/mol. The van der Waals surface area contributed by atoms with Crippen LogP contribution in [0.4, 0.5) is 10.1 Å². The first-order valence-corrected chi connectivity index (χ1v) is 9.71. The summed E-state index contributed by atoms with van der Waals surface area (Å²) in [5.41, 5.74) is 2.02. The van der Waals surface area contributed by atoms with Gasteiger partial charge in [-0.1, -0.05) is 42.0 Å². The molecule has 1 heterocycles. The molecule has 0 unspecified atom stereocenters. The number of anilines is 1. The van der Waals surface area contributed by atoms with Crippen molar-refractivity contribution in [3.63, 3.8) is 0 Å². The van der Waals surface area contributed by atoms with Gasteiger partial charge in [0.2, 0.25) is 11.3 Å². The smallest absolute Gasteiger partial charge is 0.244 e. The normalized spacial score (nSPS) is 10.8. The number of para-hydroxylation sites is 1. The van der Waals surface area contributed by atoms with E-state index in [0.29, 0.717) is 22.2 Å². The number of halogens is 1. The number of nitrogens with zero attached hydrogens (tertiary/aromatic N) is 1. The van der Waals surface area contributed by atoms with Crippen LogP contribution in [0.2, 0.25) is 0 Å². The lowest BCUT2D eigenvalue weighted by atomic mass is 10.0. The maximum atomic E-state index is 13.1. The van der Waals surface area contributed by atoms with Crippen LogP contribution in [-0.2, 0) is 11.3 Å². The topological polar surface area (TPSA) is 68.2 Å². The van der Waals surface area contributed by atoms with E-state index in [1.54, 1.807) is 41.0 Å². The van der Waals surface area contributed by atoms with E-state index in [0.717, 1.165) is 5.56 Å².